The van der Waals surface area contributed by atoms with Crippen LogP contribution in [0.15, 0.2) is 48.8 Å². The molecule has 4 nitrogen and oxygen atoms in total. The maximum absolute atomic E-state index is 12.4. The van der Waals surface area contributed by atoms with Crippen LogP contribution in [0.25, 0.3) is 0 Å². The van der Waals surface area contributed by atoms with Crippen LogP contribution in [0.4, 0.5) is 5.69 Å². The van der Waals surface area contributed by atoms with E-state index in [-0.39, 0.29) is 5.91 Å². The van der Waals surface area contributed by atoms with Crippen LogP contribution in [-0.4, -0.2) is 24.5 Å². The summed E-state index contributed by atoms with van der Waals surface area (Å²) in [7, 11) is 1.74. The Kier molecular flexibility index (Phi) is 4.26. The van der Waals surface area contributed by atoms with E-state index in [2.05, 4.69) is 4.98 Å². The van der Waals surface area contributed by atoms with Crippen LogP contribution in [0.2, 0.25) is 0 Å². The molecule has 19 heavy (non-hydrogen) atoms. The minimum atomic E-state index is -0.0492. The minimum absolute atomic E-state index is 0.0492. The molecule has 0 bridgehead atoms. The van der Waals surface area contributed by atoms with Crippen LogP contribution in [0, 0.1) is 0 Å². The Morgan fingerprint density at radius 3 is 2.84 bits per heavy atom. The molecule has 1 heterocycles. The summed E-state index contributed by atoms with van der Waals surface area (Å²) < 4.78 is 0. The lowest BCUT2D eigenvalue weighted by atomic mass is 10.1. The third-order valence-corrected chi connectivity index (χ3v) is 2.94. The number of anilines is 1. The highest BCUT2D eigenvalue weighted by atomic mass is 16.2. The number of nitrogens with zero attached hydrogens (tertiary/aromatic N) is 2. The van der Waals surface area contributed by atoms with Gasteiger partial charge in [-0.2, -0.15) is 0 Å². The molecule has 0 radical (unpaired) electrons. The zero-order chi connectivity index (χ0) is 13.7. The smallest absolute Gasteiger partial charge is 0.258 e. The number of carbonyl (C=O) groups is 1. The van der Waals surface area contributed by atoms with E-state index in [4.69, 9.17) is 5.73 Å². The predicted molar refractivity (Wildman–Crippen MR) is 76.2 cm³/mol. The highest BCUT2D eigenvalue weighted by Gasteiger charge is 2.13. The summed E-state index contributed by atoms with van der Waals surface area (Å²) in [6.45, 7) is 0.579. The fourth-order valence-corrected chi connectivity index (χ4v) is 1.89. The van der Waals surface area contributed by atoms with Crippen molar-refractivity contribution < 1.29 is 4.79 Å². The van der Waals surface area contributed by atoms with Crippen LogP contribution in [0.1, 0.15) is 15.9 Å². The zero-order valence-corrected chi connectivity index (χ0v) is 10.9. The third-order valence-electron chi connectivity index (χ3n) is 2.94. The molecule has 4 heteroatoms. The maximum atomic E-state index is 12.4. The van der Waals surface area contributed by atoms with Crippen LogP contribution in [0.5, 0.6) is 0 Å². The standard InChI is InChI=1S/C15H17N3O/c1-18(14-6-3-9-17-11-14)15(19)13-5-2-4-12(10-13)7-8-16/h2-6,9-11H,7-8,16H2,1H3. The summed E-state index contributed by atoms with van der Waals surface area (Å²) in [5, 5.41) is 0. The lowest BCUT2D eigenvalue weighted by molar-refractivity contribution is 0.0993. The van der Waals surface area contributed by atoms with Gasteiger partial charge in [0.25, 0.3) is 5.91 Å². The van der Waals surface area contributed by atoms with Gasteiger partial charge in [0.15, 0.2) is 0 Å². The van der Waals surface area contributed by atoms with Crippen LogP contribution in [-0.2, 0) is 6.42 Å². The van der Waals surface area contributed by atoms with E-state index in [1.165, 1.54) is 0 Å². The van der Waals surface area contributed by atoms with Crippen molar-refractivity contribution in [2.75, 3.05) is 18.5 Å². The molecular weight excluding hydrogens is 238 g/mol. The van der Waals surface area contributed by atoms with Gasteiger partial charge >= 0.3 is 0 Å². The number of hydrogen-bond donors (Lipinski definition) is 1. The summed E-state index contributed by atoms with van der Waals surface area (Å²) in [5.41, 5.74) is 8.05. The van der Waals surface area contributed by atoms with Crippen LogP contribution < -0.4 is 10.6 Å². The van der Waals surface area contributed by atoms with Gasteiger partial charge in [0.05, 0.1) is 11.9 Å². The fraction of sp³-hybridized carbons (Fsp3) is 0.200. The Labute approximate surface area is 112 Å². The maximum Gasteiger partial charge on any atom is 0.258 e. The second kappa shape index (κ2) is 6.11. The normalized spacial score (nSPS) is 10.2. The summed E-state index contributed by atoms with van der Waals surface area (Å²) >= 11 is 0. The SMILES string of the molecule is CN(C(=O)c1cccc(CCN)c1)c1cccnc1. The molecule has 0 fully saturated rings. The Hall–Kier alpha value is -2.20. The first-order valence-corrected chi connectivity index (χ1v) is 6.19. The van der Waals surface area contributed by atoms with Crippen molar-refractivity contribution in [2.24, 2.45) is 5.73 Å². The van der Waals surface area contributed by atoms with Crippen LogP contribution in [0.3, 0.4) is 0 Å². The summed E-state index contributed by atoms with van der Waals surface area (Å²) in [5.74, 6) is -0.0492. The molecular formula is C15H17N3O. The van der Waals surface area contributed by atoms with Gasteiger partial charge in [-0.15, -0.1) is 0 Å². The van der Waals surface area contributed by atoms with E-state index in [9.17, 15) is 4.79 Å². The average Bonchev–Trinajstić information content (AvgIpc) is 2.47. The number of pyridine rings is 1. The molecule has 2 aromatic rings. The number of aromatic nitrogens is 1. The molecule has 1 aromatic heterocycles. The Bertz CT molecular complexity index is 554. The summed E-state index contributed by atoms with van der Waals surface area (Å²) in [6.07, 6.45) is 4.13. The van der Waals surface area contributed by atoms with E-state index in [0.717, 1.165) is 17.7 Å². The highest BCUT2D eigenvalue weighted by Crippen LogP contribution is 2.14. The Morgan fingerprint density at radius 2 is 2.16 bits per heavy atom. The van der Waals surface area contributed by atoms with Gasteiger partial charge in [0.2, 0.25) is 0 Å². The molecule has 0 saturated heterocycles. The quantitative estimate of drug-likeness (QED) is 0.907. The number of benzene rings is 1. The molecule has 0 atom stereocenters. The molecule has 0 spiro atoms. The van der Waals surface area contributed by atoms with Gasteiger partial charge in [-0.1, -0.05) is 12.1 Å². The number of nitrogens with two attached hydrogens (primary N) is 1. The van der Waals surface area contributed by atoms with Gasteiger partial charge in [-0.05, 0) is 42.8 Å². The van der Waals surface area contributed by atoms with E-state index >= 15 is 0 Å². The van der Waals surface area contributed by atoms with Gasteiger partial charge in [0, 0.05) is 18.8 Å². The molecule has 0 aliphatic carbocycles. The molecule has 0 aliphatic rings. The zero-order valence-electron chi connectivity index (χ0n) is 10.9. The van der Waals surface area contributed by atoms with E-state index in [1.807, 2.05) is 36.4 Å². The number of amides is 1. The third kappa shape index (κ3) is 3.17. The molecule has 0 unspecified atom stereocenters. The minimum Gasteiger partial charge on any atom is -0.330 e. The van der Waals surface area contributed by atoms with Crippen molar-refractivity contribution >= 4 is 11.6 Å². The molecule has 0 saturated carbocycles. The lowest BCUT2D eigenvalue weighted by Gasteiger charge is -2.17. The van der Waals surface area contributed by atoms with Crippen molar-refractivity contribution in [1.29, 1.82) is 0 Å². The second-order valence-electron chi connectivity index (χ2n) is 4.31. The van der Waals surface area contributed by atoms with E-state index in [0.29, 0.717) is 12.1 Å². The Balaban J connectivity index is 2.22. The van der Waals surface area contributed by atoms with Gasteiger partial charge < -0.3 is 10.6 Å². The fourth-order valence-electron chi connectivity index (χ4n) is 1.89. The molecule has 2 rings (SSSR count). The molecule has 1 amide bonds. The largest absolute Gasteiger partial charge is 0.330 e. The molecule has 2 N–H and O–H groups in total. The Morgan fingerprint density at radius 1 is 1.32 bits per heavy atom. The predicted octanol–water partition coefficient (Wildman–Crippen LogP) is 1.86. The molecule has 1 aromatic carbocycles. The summed E-state index contributed by atoms with van der Waals surface area (Å²) in [4.78, 5) is 18.0. The van der Waals surface area contributed by atoms with Crippen LogP contribution >= 0.6 is 0 Å². The van der Waals surface area contributed by atoms with Crippen molar-refractivity contribution in [1.82, 2.24) is 4.98 Å². The number of carbonyl (C=O) groups excluding carboxylic acids is 1. The average molecular weight is 255 g/mol. The molecule has 0 aliphatic heterocycles. The van der Waals surface area contributed by atoms with Gasteiger partial charge in [-0.25, -0.2) is 0 Å². The number of hydrogen-bond acceptors (Lipinski definition) is 3. The van der Waals surface area contributed by atoms with Crippen molar-refractivity contribution in [2.45, 2.75) is 6.42 Å². The first kappa shape index (κ1) is 13.2. The first-order chi connectivity index (χ1) is 9.22. The van der Waals surface area contributed by atoms with Crippen molar-refractivity contribution in [3.8, 4) is 0 Å². The first-order valence-electron chi connectivity index (χ1n) is 6.19. The number of rotatable bonds is 4. The van der Waals surface area contributed by atoms with Crippen molar-refractivity contribution in [3.05, 3.63) is 59.9 Å². The second-order valence-corrected chi connectivity index (χ2v) is 4.31. The van der Waals surface area contributed by atoms with Gasteiger partial charge in [-0.3, -0.25) is 9.78 Å². The van der Waals surface area contributed by atoms with E-state index < -0.39 is 0 Å². The monoisotopic (exact) mass is 255 g/mol. The lowest BCUT2D eigenvalue weighted by Crippen LogP contribution is -2.26. The van der Waals surface area contributed by atoms with E-state index in [1.54, 1.807) is 24.3 Å². The topological polar surface area (TPSA) is 59.2 Å². The van der Waals surface area contributed by atoms with Crippen molar-refractivity contribution in [3.63, 3.8) is 0 Å². The highest BCUT2D eigenvalue weighted by molar-refractivity contribution is 6.05. The molecule has 98 valence electrons. The summed E-state index contributed by atoms with van der Waals surface area (Å²) in [6, 6.07) is 11.2. The van der Waals surface area contributed by atoms with Gasteiger partial charge in [0.1, 0.15) is 0 Å².